The third-order valence-electron chi connectivity index (χ3n) is 6.56. The molecule has 0 bridgehead atoms. The monoisotopic (exact) mass is 521 g/mol. The number of likely N-dealkylation sites (tertiary alicyclic amines) is 1. The maximum atomic E-state index is 13.3. The van der Waals surface area contributed by atoms with Crippen molar-refractivity contribution in [3.8, 4) is 0 Å². The number of hydrogen-bond acceptors (Lipinski definition) is 5. The molecule has 10 nitrogen and oxygen atoms in total. The molecule has 12 heteroatoms. The second-order valence-corrected chi connectivity index (χ2v) is 16.4. The Bertz CT molecular complexity index is 1130. The number of nitrogens with zero attached hydrogens (tertiary/aromatic N) is 5. The molecule has 2 saturated heterocycles. The summed E-state index contributed by atoms with van der Waals surface area (Å²) in [5.74, 6) is -0.251. The van der Waals surface area contributed by atoms with Crippen molar-refractivity contribution in [1.82, 2.24) is 19.6 Å². The Morgan fingerprint density at radius 2 is 1.91 bits per heavy atom. The van der Waals surface area contributed by atoms with Crippen LogP contribution in [-0.2, 0) is 9.53 Å². The summed E-state index contributed by atoms with van der Waals surface area (Å²) in [6.45, 7) is 8.31. The largest absolute Gasteiger partial charge is 0.465 e. The molecule has 0 aliphatic carbocycles. The Labute approximate surface area is 210 Å². The molecule has 35 heavy (non-hydrogen) atoms. The molecule has 0 unspecified atom stereocenters. The fourth-order valence-electron chi connectivity index (χ4n) is 4.48. The molecular formula is C23H32ClN5O5Si. The van der Waals surface area contributed by atoms with E-state index in [1.54, 1.807) is 17.2 Å². The van der Waals surface area contributed by atoms with Crippen LogP contribution in [0.2, 0.25) is 30.7 Å². The Hall–Kier alpha value is -2.63. The van der Waals surface area contributed by atoms with Crippen LogP contribution in [0.3, 0.4) is 0 Å². The number of carbonyl (C=O) groups is 3. The van der Waals surface area contributed by atoms with Crippen LogP contribution < -0.4 is 4.90 Å². The number of ether oxygens (including phenoxy) is 1. The van der Waals surface area contributed by atoms with E-state index in [9.17, 15) is 19.5 Å². The zero-order valence-electron chi connectivity index (χ0n) is 20.4. The van der Waals surface area contributed by atoms with Gasteiger partial charge >= 0.3 is 12.1 Å². The summed E-state index contributed by atoms with van der Waals surface area (Å²) in [5.41, 5.74) is 1.38. The predicted octanol–water partition coefficient (Wildman–Crippen LogP) is 4.48. The Morgan fingerprint density at radius 3 is 2.57 bits per heavy atom. The maximum Gasteiger partial charge on any atom is 0.407 e. The summed E-state index contributed by atoms with van der Waals surface area (Å²) in [7, 11) is -1.28. The highest BCUT2D eigenvalue weighted by atomic mass is 35.5. The first kappa shape index (κ1) is 25.5. The maximum absolute atomic E-state index is 13.3. The SMILES string of the molecule is C[Si](C)(C)CCOCN1C(=O)CCN(c2cc(Cl)cc3c2cnn3C2CCN(C(=O)O)CC2)C1=O. The van der Waals surface area contributed by atoms with Crippen molar-refractivity contribution >= 4 is 54.3 Å². The van der Waals surface area contributed by atoms with Gasteiger partial charge in [-0.3, -0.25) is 14.4 Å². The third kappa shape index (κ3) is 5.62. The molecule has 2 fully saturated rings. The molecule has 0 radical (unpaired) electrons. The van der Waals surface area contributed by atoms with Gasteiger partial charge in [0.15, 0.2) is 0 Å². The minimum Gasteiger partial charge on any atom is -0.465 e. The number of hydrogen-bond donors (Lipinski definition) is 1. The summed E-state index contributed by atoms with van der Waals surface area (Å²) in [4.78, 5) is 41.2. The standard InChI is InChI=1S/C23H32ClN5O5Si/c1-35(2,3)11-10-34-15-28-21(30)6-9-27(22(28)31)19-12-16(24)13-20-18(19)14-25-29(20)17-4-7-26(8-5-17)23(32)33/h12-14,17H,4-11,15H2,1-3H3,(H,32,33). The van der Waals surface area contributed by atoms with E-state index in [4.69, 9.17) is 16.3 Å². The molecule has 4 rings (SSSR count). The Balaban J connectivity index is 1.55. The van der Waals surface area contributed by atoms with Crippen molar-refractivity contribution in [2.45, 2.75) is 51.0 Å². The van der Waals surface area contributed by atoms with E-state index in [2.05, 4.69) is 24.7 Å². The van der Waals surface area contributed by atoms with Gasteiger partial charge in [0, 0.05) is 51.1 Å². The van der Waals surface area contributed by atoms with Crippen molar-refractivity contribution in [3.63, 3.8) is 0 Å². The number of aromatic nitrogens is 2. The van der Waals surface area contributed by atoms with Crippen molar-refractivity contribution in [3.05, 3.63) is 23.4 Å². The number of benzene rings is 1. The highest BCUT2D eigenvalue weighted by Crippen LogP contribution is 2.35. The fourth-order valence-corrected chi connectivity index (χ4v) is 5.45. The molecule has 2 aliphatic heterocycles. The van der Waals surface area contributed by atoms with E-state index in [0.29, 0.717) is 43.2 Å². The van der Waals surface area contributed by atoms with Crippen LogP contribution in [-0.4, -0.2) is 83.8 Å². The van der Waals surface area contributed by atoms with Gasteiger partial charge in [-0.1, -0.05) is 31.2 Å². The number of amides is 4. The minimum absolute atomic E-state index is 0.0318. The molecule has 1 aromatic heterocycles. The number of imide groups is 1. The topological polar surface area (TPSA) is 108 Å². The van der Waals surface area contributed by atoms with Crippen LogP contribution in [0.1, 0.15) is 25.3 Å². The normalized spacial score (nSPS) is 18.1. The van der Waals surface area contributed by atoms with Crippen molar-refractivity contribution < 1.29 is 24.2 Å². The fraction of sp³-hybridized carbons (Fsp3) is 0.565. The van der Waals surface area contributed by atoms with Crippen LogP contribution >= 0.6 is 11.6 Å². The zero-order valence-corrected chi connectivity index (χ0v) is 22.1. The van der Waals surface area contributed by atoms with Crippen molar-refractivity contribution in [2.24, 2.45) is 0 Å². The molecule has 1 aromatic carbocycles. The van der Waals surface area contributed by atoms with Crippen LogP contribution in [0.4, 0.5) is 15.3 Å². The average Bonchev–Trinajstić information content (AvgIpc) is 3.21. The number of rotatable bonds is 7. The molecule has 0 spiro atoms. The first-order valence-corrected chi connectivity index (χ1v) is 16.0. The van der Waals surface area contributed by atoms with Gasteiger partial charge in [-0.2, -0.15) is 5.10 Å². The number of fused-ring (bicyclic) bond motifs is 1. The second-order valence-electron chi connectivity index (χ2n) is 10.3. The van der Waals surface area contributed by atoms with E-state index < -0.39 is 20.2 Å². The lowest BCUT2D eigenvalue weighted by Crippen LogP contribution is -2.53. The van der Waals surface area contributed by atoms with Crippen LogP contribution in [0, 0.1) is 0 Å². The Morgan fingerprint density at radius 1 is 1.20 bits per heavy atom. The lowest BCUT2D eigenvalue weighted by Gasteiger charge is -2.34. The number of urea groups is 1. The van der Waals surface area contributed by atoms with Crippen LogP contribution in [0.25, 0.3) is 10.9 Å². The van der Waals surface area contributed by atoms with Gasteiger partial charge in [0.25, 0.3) is 0 Å². The highest BCUT2D eigenvalue weighted by Gasteiger charge is 2.35. The van der Waals surface area contributed by atoms with Gasteiger partial charge in [-0.05, 0) is 31.0 Å². The van der Waals surface area contributed by atoms with Gasteiger partial charge in [-0.25, -0.2) is 14.5 Å². The molecule has 0 atom stereocenters. The summed E-state index contributed by atoms with van der Waals surface area (Å²) in [6.07, 6.45) is 2.28. The zero-order chi connectivity index (χ0) is 25.3. The lowest BCUT2D eigenvalue weighted by atomic mass is 10.1. The van der Waals surface area contributed by atoms with Gasteiger partial charge < -0.3 is 14.7 Å². The van der Waals surface area contributed by atoms with E-state index in [1.165, 1.54) is 4.90 Å². The molecule has 2 aliphatic rings. The summed E-state index contributed by atoms with van der Waals surface area (Å²) in [6, 6.07) is 4.09. The molecule has 0 saturated carbocycles. The van der Waals surface area contributed by atoms with Gasteiger partial charge in [0.05, 0.1) is 23.4 Å². The summed E-state index contributed by atoms with van der Waals surface area (Å²) >= 11 is 6.47. The van der Waals surface area contributed by atoms with Gasteiger partial charge in [0.1, 0.15) is 6.73 Å². The second kappa shape index (κ2) is 10.2. The number of piperidine rings is 1. The number of anilines is 1. The average molecular weight is 522 g/mol. The van der Waals surface area contributed by atoms with Crippen LogP contribution in [0.15, 0.2) is 18.3 Å². The van der Waals surface area contributed by atoms with Crippen molar-refractivity contribution in [2.75, 3.05) is 37.9 Å². The number of carboxylic acid groups (broad SMARTS) is 1. The summed E-state index contributed by atoms with van der Waals surface area (Å²) < 4.78 is 7.57. The van der Waals surface area contributed by atoms with Gasteiger partial charge in [-0.15, -0.1) is 0 Å². The first-order chi connectivity index (χ1) is 16.5. The molecule has 190 valence electrons. The lowest BCUT2D eigenvalue weighted by molar-refractivity contribution is -0.133. The predicted molar refractivity (Wildman–Crippen MR) is 136 cm³/mol. The highest BCUT2D eigenvalue weighted by molar-refractivity contribution is 6.76. The first-order valence-electron chi connectivity index (χ1n) is 11.9. The molecular weight excluding hydrogens is 490 g/mol. The quantitative estimate of drug-likeness (QED) is 0.425. The van der Waals surface area contributed by atoms with E-state index in [1.807, 2.05) is 10.7 Å². The molecule has 3 heterocycles. The third-order valence-corrected chi connectivity index (χ3v) is 8.48. The smallest absolute Gasteiger partial charge is 0.407 e. The number of halogens is 1. The number of carbonyl (C=O) groups excluding carboxylic acids is 2. The van der Waals surface area contributed by atoms with Crippen LogP contribution in [0.5, 0.6) is 0 Å². The van der Waals surface area contributed by atoms with Gasteiger partial charge in [0.2, 0.25) is 5.91 Å². The molecule has 4 amide bonds. The van der Waals surface area contributed by atoms with Crippen molar-refractivity contribution in [1.29, 1.82) is 0 Å². The molecule has 2 aromatic rings. The van der Waals surface area contributed by atoms with E-state index >= 15 is 0 Å². The van der Waals surface area contributed by atoms with E-state index in [-0.39, 0.29) is 31.6 Å². The summed E-state index contributed by atoms with van der Waals surface area (Å²) in [5, 5.41) is 15.0. The Kier molecular flexibility index (Phi) is 7.39. The van der Waals surface area contributed by atoms with E-state index in [0.717, 1.165) is 21.8 Å². The molecule has 1 N–H and O–H groups in total. The minimum atomic E-state index is -1.28.